The van der Waals surface area contributed by atoms with Gasteiger partial charge in [-0.1, -0.05) is 6.08 Å². The zero-order valence-electron chi connectivity index (χ0n) is 18.6. The van der Waals surface area contributed by atoms with Crippen LogP contribution in [0.5, 0.6) is 5.75 Å². The molecular weight excluding hydrogens is 420 g/mol. The second-order valence-corrected chi connectivity index (χ2v) is 10.1. The van der Waals surface area contributed by atoms with E-state index in [9.17, 15) is 13.2 Å². The van der Waals surface area contributed by atoms with Gasteiger partial charge in [-0.25, -0.2) is 13.2 Å². The fourth-order valence-corrected chi connectivity index (χ4v) is 3.94. The van der Waals surface area contributed by atoms with Crippen molar-refractivity contribution >= 4 is 15.9 Å². The van der Waals surface area contributed by atoms with Crippen LogP contribution in [0.2, 0.25) is 0 Å². The number of morpholine rings is 1. The van der Waals surface area contributed by atoms with E-state index in [0.717, 1.165) is 44.7 Å². The van der Waals surface area contributed by atoms with E-state index in [4.69, 9.17) is 14.2 Å². The predicted molar refractivity (Wildman–Crippen MR) is 119 cm³/mol. The van der Waals surface area contributed by atoms with Crippen LogP contribution in [-0.2, 0) is 19.3 Å². The van der Waals surface area contributed by atoms with Crippen molar-refractivity contribution in [3.05, 3.63) is 35.7 Å². The molecule has 9 heteroatoms. The number of hydrogen-bond acceptors (Lipinski definition) is 7. The summed E-state index contributed by atoms with van der Waals surface area (Å²) in [5.74, 6) is 0.645. The van der Waals surface area contributed by atoms with Crippen molar-refractivity contribution in [2.75, 3.05) is 46.0 Å². The number of hydrogen-bond donors (Lipinski definition) is 1. The lowest BCUT2D eigenvalue weighted by Crippen LogP contribution is -2.37. The van der Waals surface area contributed by atoms with Gasteiger partial charge >= 0.3 is 6.09 Å². The van der Waals surface area contributed by atoms with Gasteiger partial charge in [-0.3, -0.25) is 4.90 Å². The minimum absolute atomic E-state index is 0.199. The summed E-state index contributed by atoms with van der Waals surface area (Å²) in [7, 11) is -3.54. The summed E-state index contributed by atoms with van der Waals surface area (Å²) in [4.78, 5) is 14.1. The molecule has 0 aliphatic carbocycles. The lowest BCUT2D eigenvalue weighted by Gasteiger charge is -2.26. The highest BCUT2D eigenvalue weighted by Gasteiger charge is 2.15. The van der Waals surface area contributed by atoms with E-state index in [2.05, 4.69) is 10.2 Å². The normalized spacial score (nSPS) is 15.7. The molecule has 0 unspecified atom stereocenters. The SMILES string of the molecule is CC(C)(C)OC(=O)NCC/C=C/S(=O)(=O)c1ccc(OCCCN2CCOCC2)cc1. The van der Waals surface area contributed by atoms with Crippen LogP contribution >= 0.6 is 0 Å². The van der Waals surface area contributed by atoms with Gasteiger partial charge in [0.05, 0.1) is 24.7 Å². The first kappa shape index (κ1) is 25.2. The molecule has 31 heavy (non-hydrogen) atoms. The highest BCUT2D eigenvalue weighted by Crippen LogP contribution is 2.18. The van der Waals surface area contributed by atoms with E-state index in [0.29, 0.717) is 18.8 Å². The fraction of sp³-hybridized carbons (Fsp3) is 0.591. The third kappa shape index (κ3) is 10.2. The van der Waals surface area contributed by atoms with Crippen molar-refractivity contribution in [1.82, 2.24) is 10.2 Å². The number of benzene rings is 1. The van der Waals surface area contributed by atoms with Gasteiger partial charge in [0.2, 0.25) is 0 Å². The molecule has 1 N–H and O–H groups in total. The molecule has 8 nitrogen and oxygen atoms in total. The van der Waals surface area contributed by atoms with Crippen molar-refractivity contribution in [3.63, 3.8) is 0 Å². The third-order valence-corrected chi connectivity index (χ3v) is 5.88. The first-order valence-corrected chi connectivity index (χ1v) is 12.1. The molecule has 1 heterocycles. The average molecular weight is 455 g/mol. The number of carbonyl (C=O) groups is 1. The molecule has 1 aliphatic heterocycles. The Kier molecular flexibility index (Phi) is 9.80. The molecule has 1 aromatic carbocycles. The van der Waals surface area contributed by atoms with E-state index >= 15 is 0 Å². The minimum Gasteiger partial charge on any atom is -0.494 e. The van der Waals surface area contributed by atoms with Crippen LogP contribution in [-0.4, -0.2) is 71.0 Å². The van der Waals surface area contributed by atoms with Crippen molar-refractivity contribution < 1.29 is 27.4 Å². The Labute approximate surface area is 185 Å². The molecular formula is C22H34N2O6S. The van der Waals surface area contributed by atoms with Gasteiger partial charge in [-0.2, -0.15) is 0 Å². The van der Waals surface area contributed by atoms with Crippen molar-refractivity contribution in [1.29, 1.82) is 0 Å². The molecule has 1 fully saturated rings. The Morgan fingerprint density at radius 2 is 1.87 bits per heavy atom. The number of alkyl carbamates (subject to hydrolysis) is 1. The molecule has 1 amide bonds. The summed E-state index contributed by atoms with van der Waals surface area (Å²) in [6.45, 7) is 10.6. The summed E-state index contributed by atoms with van der Waals surface area (Å²) in [6.07, 6.45) is 2.27. The van der Waals surface area contributed by atoms with E-state index in [1.807, 2.05) is 0 Å². The Hall–Kier alpha value is -2.10. The highest BCUT2D eigenvalue weighted by atomic mass is 32.2. The van der Waals surface area contributed by atoms with Crippen molar-refractivity contribution in [2.45, 2.75) is 44.1 Å². The molecule has 0 saturated carbocycles. The lowest BCUT2D eigenvalue weighted by molar-refractivity contribution is 0.0358. The Morgan fingerprint density at radius 1 is 1.19 bits per heavy atom. The largest absolute Gasteiger partial charge is 0.494 e. The Balaban J connectivity index is 1.70. The van der Waals surface area contributed by atoms with Gasteiger partial charge in [-0.15, -0.1) is 0 Å². The molecule has 0 bridgehead atoms. The van der Waals surface area contributed by atoms with Gasteiger partial charge in [0, 0.05) is 31.6 Å². The summed E-state index contributed by atoms with van der Waals surface area (Å²) in [6, 6.07) is 6.41. The summed E-state index contributed by atoms with van der Waals surface area (Å²) in [5, 5.41) is 3.74. The van der Waals surface area contributed by atoms with E-state index < -0.39 is 21.5 Å². The van der Waals surface area contributed by atoms with Crippen LogP contribution in [0, 0.1) is 0 Å². The number of carbonyl (C=O) groups excluding carboxylic acids is 1. The highest BCUT2D eigenvalue weighted by molar-refractivity contribution is 7.94. The standard InChI is InChI=1S/C22H34N2O6S/c1-22(2,3)30-21(25)23-11-4-5-18-31(26,27)20-9-7-19(8-10-20)29-15-6-12-24-13-16-28-17-14-24/h5,7-10,18H,4,6,11-17H2,1-3H3,(H,23,25)/b18-5+. The zero-order valence-corrected chi connectivity index (χ0v) is 19.4. The number of nitrogens with zero attached hydrogens (tertiary/aromatic N) is 1. The van der Waals surface area contributed by atoms with Crippen LogP contribution < -0.4 is 10.1 Å². The molecule has 2 rings (SSSR count). The van der Waals surface area contributed by atoms with Crippen LogP contribution in [0.3, 0.4) is 0 Å². The lowest BCUT2D eigenvalue weighted by atomic mass is 10.2. The maximum Gasteiger partial charge on any atom is 0.407 e. The van der Waals surface area contributed by atoms with Gasteiger partial charge in [-0.05, 0) is 57.9 Å². The van der Waals surface area contributed by atoms with Crippen LogP contribution in [0.1, 0.15) is 33.6 Å². The van der Waals surface area contributed by atoms with Crippen molar-refractivity contribution in [2.24, 2.45) is 0 Å². The topological polar surface area (TPSA) is 94.2 Å². The van der Waals surface area contributed by atoms with Gasteiger partial charge in [0.25, 0.3) is 0 Å². The van der Waals surface area contributed by atoms with Crippen LogP contribution in [0.25, 0.3) is 0 Å². The van der Waals surface area contributed by atoms with E-state index in [-0.39, 0.29) is 11.4 Å². The minimum atomic E-state index is -3.54. The smallest absolute Gasteiger partial charge is 0.407 e. The third-order valence-electron chi connectivity index (χ3n) is 4.40. The van der Waals surface area contributed by atoms with E-state index in [1.54, 1.807) is 32.9 Å². The number of amides is 1. The fourth-order valence-electron chi connectivity index (χ4n) is 2.87. The molecule has 0 aromatic heterocycles. The first-order chi connectivity index (χ1) is 14.7. The van der Waals surface area contributed by atoms with E-state index in [1.165, 1.54) is 18.2 Å². The van der Waals surface area contributed by atoms with Crippen LogP contribution in [0.15, 0.2) is 40.6 Å². The maximum atomic E-state index is 12.4. The van der Waals surface area contributed by atoms with Gasteiger partial charge in [0.1, 0.15) is 11.4 Å². The van der Waals surface area contributed by atoms with Crippen molar-refractivity contribution in [3.8, 4) is 5.75 Å². The second kappa shape index (κ2) is 12.1. The number of sulfone groups is 1. The quantitative estimate of drug-likeness (QED) is 0.543. The number of nitrogens with one attached hydrogen (secondary N) is 1. The Morgan fingerprint density at radius 3 is 2.52 bits per heavy atom. The second-order valence-electron chi connectivity index (χ2n) is 8.26. The molecule has 1 aliphatic rings. The summed E-state index contributed by atoms with van der Waals surface area (Å²) >= 11 is 0. The maximum absolute atomic E-state index is 12.4. The Bertz CT molecular complexity index is 809. The molecule has 1 aromatic rings. The molecule has 1 saturated heterocycles. The van der Waals surface area contributed by atoms with Crippen LogP contribution in [0.4, 0.5) is 4.79 Å². The zero-order chi connectivity index (χ0) is 22.7. The molecule has 0 atom stereocenters. The molecule has 0 spiro atoms. The number of rotatable bonds is 10. The first-order valence-electron chi connectivity index (χ1n) is 10.6. The summed E-state index contributed by atoms with van der Waals surface area (Å²) < 4.78 is 41.0. The van der Waals surface area contributed by atoms with Gasteiger partial charge in [0.15, 0.2) is 9.84 Å². The number of ether oxygens (including phenoxy) is 3. The van der Waals surface area contributed by atoms with Gasteiger partial charge < -0.3 is 19.5 Å². The summed E-state index contributed by atoms with van der Waals surface area (Å²) in [5.41, 5.74) is -0.568. The molecule has 0 radical (unpaired) electrons. The molecule has 174 valence electrons. The monoisotopic (exact) mass is 454 g/mol. The average Bonchev–Trinajstić information content (AvgIpc) is 2.71. The predicted octanol–water partition coefficient (Wildman–Crippen LogP) is 2.99.